The zero-order valence-electron chi connectivity index (χ0n) is 14.9. The molecule has 0 unspecified atom stereocenters. The fourth-order valence-electron chi connectivity index (χ4n) is 3.14. The fourth-order valence-corrected chi connectivity index (χ4v) is 3.14. The van der Waals surface area contributed by atoms with E-state index in [1.165, 1.54) is 12.8 Å². The number of urea groups is 1. The van der Waals surface area contributed by atoms with Gasteiger partial charge >= 0.3 is 6.03 Å². The molecule has 4 rings (SSSR count). The van der Waals surface area contributed by atoms with Crippen LogP contribution in [0.5, 0.6) is 5.75 Å². The minimum Gasteiger partial charge on any atom is -0.497 e. The van der Waals surface area contributed by atoms with E-state index in [1.807, 2.05) is 35.2 Å². The summed E-state index contributed by atoms with van der Waals surface area (Å²) >= 11 is 0. The maximum atomic E-state index is 12.5. The first-order valence-corrected chi connectivity index (χ1v) is 9.01. The number of rotatable bonds is 4. The maximum absolute atomic E-state index is 12.5. The van der Waals surface area contributed by atoms with Crippen molar-refractivity contribution in [3.8, 4) is 5.75 Å². The minimum absolute atomic E-state index is 0.0898. The van der Waals surface area contributed by atoms with Crippen molar-refractivity contribution in [2.45, 2.75) is 18.8 Å². The highest BCUT2D eigenvalue weighted by molar-refractivity contribution is 5.89. The van der Waals surface area contributed by atoms with Gasteiger partial charge in [-0.05, 0) is 37.1 Å². The standard InChI is InChI=1S/C19H23N5O2/c1-26-16-4-2-3-15(13-16)20-19(25)24-11-9-23(10-12-24)18-8-7-17(21-22-18)14-5-6-14/h2-4,7-8,13-14H,5-6,9-12H2,1H3,(H,20,25). The molecule has 2 aromatic rings. The Kier molecular flexibility index (Phi) is 4.60. The molecule has 1 saturated carbocycles. The number of hydrogen-bond donors (Lipinski definition) is 1. The highest BCUT2D eigenvalue weighted by Gasteiger charge is 2.26. The number of anilines is 2. The molecular formula is C19H23N5O2. The Morgan fingerprint density at radius 3 is 2.58 bits per heavy atom. The van der Waals surface area contributed by atoms with Crippen molar-refractivity contribution in [3.05, 3.63) is 42.1 Å². The van der Waals surface area contributed by atoms with Crippen molar-refractivity contribution in [2.75, 3.05) is 43.5 Å². The Morgan fingerprint density at radius 1 is 1.12 bits per heavy atom. The zero-order valence-corrected chi connectivity index (χ0v) is 14.9. The van der Waals surface area contributed by atoms with Crippen LogP contribution in [0.15, 0.2) is 36.4 Å². The predicted octanol–water partition coefficient (Wildman–Crippen LogP) is 2.72. The normalized spacial score (nSPS) is 17.1. The molecule has 2 amide bonds. The van der Waals surface area contributed by atoms with Gasteiger partial charge in [0.15, 0.2) is 5.82 Å². The second kappa shape index (κ2) is 7.19. The fraction of sp³-hybridized carbons (Fsp3) is 0.421. The molecule has 1 N–H and O–H groups in total. The number of carbonyl (C=O) groups excluding carboxylic acids is 1. The van der Waals surface area contributed by atoms with Gasteiger partial charge in [0, 0.05) is 43.9 Å². The number of aromatic nitrogens is 2. The minimum atomic E-state index is -0.0898. The summed E-state index contributed by atoms with van der Waals surface area (Å²) < 4.78 is 5.19. The monoisotopic (exact) mass is 353 g/mol. The number of piperazine rings is 1. The van der Waals surface area contributed by atoms with Crippen LogP contribution in [0.4, 0.5) is 16.3 Å². The average Bonchev–Trinajstić information content (AvgIpc) is 3.54. The van der Waals surface area contributed by atoms with E-state index in [-0.39, 0.29) is 6.03 Å². The molecule has 0 bridgehead atoms. The quantitative estimate of drug-likeness (QED) is 0.915. The number of carbonyl (C=O) groups is 1. The van der Waals surface area contributed by atoms with Crippen molar-refractivity contribution >= 4 is 17.5 Å². The zero-order chi connectivity index (χ0) is 17.9. The maximum Gasteiger partial charge on any atom is 0.321 e. The molecule has 7 nitrogen and oxygen atoms in total. The summed E-state index contributed by atoms with van der Waals surface area (Å²) in [5.74, 6) is 2.23. The van der Waals surface area contributed by atoms with E-state index in [1.54, 1.807) is 7.11 Å². The van der Waals surface area contributed by atoms with Gasteiger partial charge in [-0.1, -0.05) is 6.07 Å². The van der Waals surface area contributed by atoms with Crippen LogP contribution in [0.3, 0.4) is 0 Å². The second-order valence-corrected chi connectivity index (χ2v) is 6.73. The summed E-state index contributed by atoms with van der Waals surface area (Å²) in [7, 11) is 1.61. The SMILES string of the molecule is COc1cccc(NC(=O)N2CCN(c3ccc(C4CC4)nn3)CC2)c1. The Morgan fingerprint density at radius 2 is 1.92 bits per heavy atom. The van der Waals surface area contributed by atoms with E-state index in [2.05, 4.69) is 26.5 Å². The van der Waals surface area contributed by atoms with E-state index < -0.39 is 0 Å². The van der Waals surface area contributed by atoms with Crippen LogP contribution in [0.1, 0.15) is 24.5 Å². The lowest BCUT2D eigenvalue weighted by Gasteiger charge is -2.35. The molecule has 26 heavy (non-hydrogen) atoms. The van der Waals surface area contributed by atoms with Gasteiger partial charge in [-0.25, -0.2) is 4.79 Å². The van der Waals surface area contributed by atoms with Gasteiger partial charge in [-0.15, -0.1) is 5.10 Å². The third kappa shape index (κ3) is 3.71. The lowest BCUT2D eigenvalue weighted by atomic mass is 10.2. The summed E-state index contributed by atoms with van der Waals surface area (Å²) in [6.45, 7) is 2.82. The molecule has 0 spiro atoms. The van der Waals surface area contributed by atoms with Gasteiger partial charge in [0.1, 0.15) is 5.75 Å². The molecule has 1 aliphatic heterocycles. The highest BCUT2D eigenvalue weighted by Crippen LogP contribution is 2.38. The number of benzene rings is 1. The van der Waals surface area contributed by atoms with Crippen molar-refractivity contribution < 1.29 is 9.53 Å². The van der Waals surface area contributed by atoms with Crippen molar-refractivity contribution in [3.63, 3.8) is 0 Å². The van der Waals surface area contributed by atoms with Crippen molar-refractivity contribution in [2.24, 2.45) is 0 Å². The number of nitrogens with zero attached hydrogens (tertiary/aromatic N) is 4. The number of ether oxygens (including phenoxy) is 1. The lowest BCUT2D eigenvalue weighted by molar-refractivity contribution is 0.208. The van der Waals surface area contributed by atoms with E-state index in [0.29, 0.717) is 19.0 Å². The highest BCUT2D eigenvalue weighted by atomic mass is 16.5. The van der Waals surface area contributed by atoms with E-state index >= 15 is 0 Å². The second-order valence-electron chi connectivity index (χ2n) is 6.73. The summed E-state index contributed by atoms with van der Waals surface area (Å²) in [5, 5.41) is 11.6. The number of hydrogen-bond acceptors (Lipinski definition) is 5. The largest absolute Gasteiger partial charge is 0.497 e. The Labute approximate surface area is 153 Å². The van der Waals surface area contributed by atoms with Gasteiger partial charge < -0.3 is 19.9 Å². The Balaban J connectivity index is 1.31. The van der Waals surface area contributed by atoms with Crippen LogP contribution in [0.2, 0.25) is 0 Å². The predicted molar refractivity (Wildman–Crippen MR) is 99.8 cm³/mol. The summed E-state index contributed by atoms with van der Waals surface area (Å²) in [6, 6.07) is 11.4. The van der Waals surface area contributed by atoms with Crippen LogP contribution < -0.4 is 15.0 Å². The molecule has 2 aliphatic rings. The van der Waals surface area contributed by atoms with Crippen molar-refractivity contribution in [1.29, 1.82) is 0 Å². The van der Waals surface area contributed by atoms with Crippen LogP contribution in [-0.4, -0.2) is 54.4 Å². The van der Waals surface area contributed by atoms with Crippen LogP contribution >= 0.6 is 0 Å². The first-order chi connectivity index (χ1) is 12.7. The molecular weight excluding hydrogens is 330 g/mol. The summed E-state index contributed by atoms with van der Waals surface area (Å²) in [4.78, 5) is 16.5. The third-order valence-electron chi connectivity index (χ3n) is 4.88. The molecule has 2 heterocycles. The number of nitrogens with one attached hydrogen (secondary N) is 1. The first-order valence-electron chi connectivity index (χ1n) is 9.01. The molecule has 1 aliphatic carbocycles. The van der Waals surface area contributed by atoms with E-state index in [4.69, 9.17) is 4.74 Å². The van der Waals surface area contributed by atoms with Gasteiger partial charge in [-0.3, -0.25) is 0 Å². The molecule has 1 saturated heterocycles. The van der Waals surface area contributed by atoms with Crippen molar-refractivity contribution in [1.82, 2.24) is 15.1 Å². The lowest BCUT2D eigenvalue weighted by Crippen LogP contribution is -2.50. The summed E-state index contributed by atoms with van der Waals surface area (Å²) in [6.07, 6.45) is 2.46. The smallest absolute Gasteiger partial charge is 0.321 e. The number of methoxy groups -OCH3 is 1. The molecule has 136 valence electrons. The number of amides is 2. The van der Waals surface area contributed by atoms with E-state index in [0.717, 1.165) is 36.0 Å². The molecule has 1 aromatic carbocycles. The molecule has 2 fully saturated rings. The Hall–Kier alpha value is -2.83. The topological polar surface area (TPSA) is 70.6 Å². The molecule has 0 radical (unpaired) electrons. The molecule has 0 atom stereocenters. The third-order valence-corrected chi connectivity index (χ3v) is 4.88. The average molecular weight is 353 g/mol. The summed E-state index contributed by atoms with van der Waals surface area (Å²) in [5.41, 5.74) is 1.84. The van der Waals surface area contributed by atoms with Gasteiger partial charge in [0.05, 0.1) is 12.8 Å². The van der Waals surface area contributed by atoms with Crippen LogP contribution in [0, 0.1) is 0 Å². The molecule has 7 heteroatoms. The van der Waals surface area contributed by atoms with Gasteiger partial charge in [0.25, 0.3) is 0 Å². The van der Waals surface area contributed by atoms with Gasteiger partial charge in [-0.2, -0.15) is 5.10 Å². The van der Waals surface area contributed by atoms with E-state index in [9.17, 15) is 4.79 Å². The Bertz CT molecular complexity index is 768. The first kappa shape index (κ1) is 16.6. The van der Waals surface area contributed by atoms with Crippen LogP contribution in [0.25, 0.3) is 0 Å². The molecule has 1 aromatic heterocycles. The van der Waals surface area contributed by atoms with Crippen LogP contribution in [-0.2, 0) is 0 Å². The van der Waals surface area contributed by atoms with Gasteiger partial charge in [0.2, 0.25) is 0 Å².